The van der Waals surface area contributed by atoms with E-state index in [-0.39, 0.29) is 25.4 Å². The minimum Gasteiger partial charge on any atom is -0.494 e. The van der Waals surface area contributed by atoms with Crippen molar-refractivity contribution in [1.82, 2.24) is 5.32 Å². The first-order valence-electron chi connectivity index (χ1n) is 6.56. The van der Waals surface area contributed by atoms with Crippen molar-refractivity contribution in [3.8, 4) is 5.75 Å². The molecule has 0 fully saturated rings. The molecule has 1 aromatic rings. The van der Waals surface area contributed by atoms with Gasteiger partial charge in [0.2, 0.25) is 0 Å². The van der Waals surface area contributed by atoms with Crippen LogP contribution in [0.1, 0.15) is 44.5 Å². The summed E-state index contributed by atoms with van der Waals surface area (Å²) in [5.41, 5.74) is 0.650. The second kappa shape index (κ2) is 8.86. The molecule has 0 aliphatic rings. The van der Waals surface area contributed by atoms with Gasteiger partial charge in [-0.25, -0.2) is 0 Å². The standard InChI is InChI=1S/C15H23NO2.H2S/c1-5-18-14-8-6-7-13(10-14)15(17)16-12(4)9-11(2)3;/h6-8,10-12H,5,9H2,1-4H3,(H,16,17);1H2/t12-;/m0./s1. The van der Waals surface area contributed by atoms with Gasteiger partial charge in [-0.3, -0.25) is 4.79 Å². The van der Waals surface area contributed by atoms with Gasteiger partial charge in [-0.1, -0.05) is 19.9 Å². The van der Waals surface area contributed by atoms with Crippen LogP contribution >= 0.6 is 13.5 Å². The van der Waals surface area contributed by atoms with Gasteiger partial charge in [0.25, 0.3) is 5.91 Å². The maximum absolute atomic E-state index is 12.0. The molecule has 0 heterocycles. The molecule has 0 aromatic heterocycles. The van der Waals surface area contributed by atoms with E-state index >= 15 is 0 Å². The third kappa shape index (κ3) is 6.53. The molecule has 0 aliphatic carbocycles. The first-order chi connectivity index (χ1) is 8.52. The molecule has 0 saturated carbocycles. The fourth-order valence-electron chi connectivity index (χ4n) is 1.97. The summed E-state index contributed by atoms with van der Waals surface area (Å²) in [5.74, 6) is 1.28. The van der Waals surface area contributed by atoms with E-state index in [1.54, 1.807) is 12.1 Å². The maximum Gasteiger partial charge on any atom is 0.251 e. The Hall–Kier alpha value is -1.16. The van der Waals surface area contributed by atoms with Gasteiger partial charge in [0.15, 0.2) is 0 Å². The maximum atomic E-state index is 12.0. The monoisotopic (exact) mass is 283 g/mol. The molecule has 1 atom stereocenters. The number of ether oxygens (including phenoxy) is 1. The van der Waals surface area contributed by atoms with Crippen LogP contribution in [0.2, 0.25) is 0 Å². The summed E-state index contributed by atoms with van der Waals surface area (Å²) >= 11 is 0. The molecule has 0 unspecified atom stereocenters. The van der Waals surface area contributed by atoms with Crippen LogP contribution in [0.15, 0.2) is 24.3 Å². The molecule has 0 bridgehead atoms. The molecular weight excluding hydrogens is 258 g/mol. The predicted molar refractivity (Wildman–Crippen MR) is 84.4 cm³/mol. The highest BCUT2D eigenvalue weighted by atomic mass is 32.1. The van der Waals surface area contributed by atoms with Crippen LogP contribution in [0.4, 0.5) is 0 Å². The van der Waals surface area contributed by atoms with E-state index in [0.717, 1.165) is 12.2 Å². The van der Waals surface area contributed by atoms with Crippen molar-refractivity contribution < 1.29 is 9.53 Å². The summed E-state index contributed by atoms with van der Waals surface area (Å²) < 4.78 is 5.39. The van der Waals surface area contributed by atoms with E-state index in [9.17, 15) is 4.79 Å². The highest BCUT2D eigenvalue weighted by molar-refractivity contribution is 7.59. The summed E-state index contributed by atoms with van der Waals surface area (Å²) in [6, 6.07) is 7.47. The van der Waals surface area contributed by atoms with E-state index in [2.05, 4.69) is 19.2 Å². The van der Waals surface area contributed by atoms with E-state index in [1.165, 1.54) is 0 Å². The summed E-state index contributed by atoms with van der Waals surface area (Å²) in [6.45, 7) is 8.87. The Morgan fingerprint density at radius 1 is 1.32 bits per heavy atom. The van der Waals surface area contributed by atoms with Gasteiger partial charge >= 0.3 is 0 Å². The average Bonchev–Trinajstić information content (AvgIpc) is 2.28. The fraction of sp³-hybridized carbons (Fsp3) is 0.533. The molecule has 1 amide bonds. The number of hydrogen-bond acceptors (Lipinski definition) is 2. The average molecular weight is 283 g/mol. The summed E-state index contributed by atoms with van der Waals surface area (Å²) in [4.78, 5) is 12.0. The normalized spacial score (nSPS) is 11.6. The van der Waals surface area contributed by atoms with E-state index < -0.39 is 0 Å². The number of hydrogen-bond donors (Lipinski definition) is 1. The van der Waals surface area contributed by atoms with Crippen LogP contribution in [-0.2, 0) is 0 Å². The molecule has 4 heteroatoms. The van der Waals surface area contributed by atoms with Crippen molar-refractivity contribution in [2.45, 2.75) is 40.2 Å². The van der Waals surface area contributed by atoms with Crippen molar-refractivity contribution in [3.05, 3.63) is 29.8 Å². The lowest BCUT2D eigenvalue weighted by Gasteiger charge is -2.16. The summed E-state index contributed by atoms with van der Waals surface area (Å²) in [7, 11) is 0. The van der Waals surface area contributed by atoms with Gasteiger partial charge < -0.3 is 10.1 Å². The van der Waals surface area contributed by atoms with Crippen molar-refractivity contribution in [1.29, 1.82) is 0 Å². The van der Waals surface area contributed by atoms with Crippen molar-refractivity contribution in [2.75, 3.05) is 6.61 Å². The Bertz CT molecular complexity index is 393. The highest BCUT2D eigenvalue weighted by Gasteiger charge is 2.11. The molecule has 0 radical (unpaired) electrons. The van der Waals surface area contributed by atoms with Gasteiger partial charge in [0.1, 0.15) is 5.75 Å². The van der Waals surface area contributed by atoms with E-state index in [1.807, 2.05) is 26.0 Å². The van der Waals surface area contributed by atoms with Crippen molar-refractivity contribution in [3.63, 3.8) is 0 Å². The number of carbonyl (C=O) groups excluding carboxylic acids is 1. The van der Waals surface area contributed by atoms with Crippen LogP contribution in [0.25, 0.3) is 0 Å². The lowest BCUT2D eigenvalue weighted by molar-refractivity contribution is 0.0935. The number of benzene rings is 1. The lowest BCUT2D eigenvalue weighted by Crippen LogP contribution is -2.33. The minimum absolute atomic E-state index is 0. The summed E-state index contributed by atoms with van der Waals surface area (Å²) in [5, 5.41) is 3.00. The topological polar surface area (TPSA) is 38.3 Å². The Kier molecular flexibility index (Phi) is 8.32. The van der Waals surface area contributed by atoms with Crippen LogP contribution in [0, 0.1) is 5.92 Å². The molecule has 108 valence electrons. The zero-order valence-electron chi connectivity index (χ0n) is 12.2. The van der Waals surface area contributed by atoms with Gasteiger partial charge in [-0.2, -0.15) is 13.5 Å². The molecule has 1 N–H and O–H groups in total. The molecule has 1 aromatic carbocycles. The quantitative estimate of drug-likeness (QED) is 0.869. The lowest BCUT2D eigenvalue weighted by atomic mass is 10.0. The zero-order chi connectivity index (χ0) is 13.5. The van der Waals surface area contributed by atoms with Gasteiger partial charge in [-0.05, 0) is 44.4 Å². The predicted octanol–water partition coefficient (Wildman–Crippen LogP) is 3.36. The summed E-state index contributed by atoms with van der Waals surface area (Å²) in [6.07, 6.45) is 0.983. The van der Waals surface area contributed by atoms with Gasteiger partial charge in [0, 0.05) is 11.6 Å². The molecule has 1 rings (SSSR count). The van der Waals surface area contributed by atoms with E-state index in [0.29, 0.717) is 18.1 Å². The Balaban J connectivity index is 0.00000324. The van der Waals surface area contributed by atoms with Crippen LogP contribution in [-0.4, -0.2) is 18.6 Å². The third-order valence-corrected chi connectivity index (χ3v) is 2.61. The number of carbonyl (C=O) groups is 1. The van der Waals surface area contributed by atoms with Gasteiger partial charge in [0.05, 0.1) is 6.61 Å². The smallest absolute Gasteiger partial charge is 0.251 e. The van der Waals surface area contributed by atoms with E-state index in [4.69, 9.17) is 4.74 Å². The zero-order valence-corrected chi connectivity index (χ0v) is 13.2. The largest absolute Gasteiger partial charge is 0.494 e. The molecule has 0 saturated heterocycles. The Labute approximate surface area is 123 Å². The third-order valence-electron chi connectivity index (χ3n) is 2.61. The van der Waals surface area contributed by atoms with Crippen LogP contribution < -0.4 is 10.1 Å². The first-order valence-corrected chi connectivity index (χ1v) is 6.56. The minimum atomic E-state index is -0.0373. The number of amides is 1. The molecule has 0 spiro atoms. The number of nitrogens with one attached hydrogen (secondary N) is 1. The SMILES string of the molecule is CCOc1cccc(C(=O)N[C@@H](C)CC(C)C)c1.S. The van der Waals surface area contributed by atoms with Crippen molar-refractivity contribution >= 4 is 19.4 Å². The second-order valence-electron chi connectivity index (χ2n) is 4.96. The van der Waals surface area contributed by atoms with Crippen LogP contribution in [0.3, 0.4) is 0 Å². The second-order valence-corrected chi connectivity index (χ2v) is 4.96. The molecule has 0 aliphatic heterocycles. The van der Waals surface area contributed by atoms with Crippen molar-refractivity contribution in [2.24, 2.45) is 5.92 Å². The molecule has 19 heavy (non-hydrogen) atoms. The highest BCUT2D eigenvalue weighted by Crippen LogP contribution is 2.13. The van der Waals surface area contributed by atoms with Gasteiger partial charge in [-0.15, -0.1) is 0 Å². The van der Waals surface area contributed by atoms with Crippen LogP contribution in [0.5, 0.6) is 5.75 Å². The fourth-order valence-corrected chi connectivity index (χ4v) is 1.97. The Morgan fingerprint density at radius 3 is 2.58 bits per heavy atom. The molecule has 3 nitrogen and oxygen atoms in total. The molecular formula is C15H25NO2S. The Morgan fingerprint density at radius 2 is 2.00 bits per heavy atom. The number of rotatable bonds is 6. The first kappa shape index (κ1) is 17.8.